The Kier molecular flexibility index (Phi) is 4.35. The Morgan fingerprint density at radius 2 is 2.26 bits per heavy atom. The maximum absolute atomic E-state index is 11.5. The molecule has 1 fully saturated rings. The molecule has 1 atom stereocenters. The highest BCUT2D eigenvalue weighted by Gasteiger charge is 2.29. The largest absolute Gasteiger partial charge is 0.469 e. The lowest BCUT2D eigenvalue weighted by atomic mass is 10.1. The molecule has 0 aliphatic carbocycles. The average molecular weight is 263 g/mol. The van der Waals surface area contributed by atoms with E-state index in [4.69, 9.17) is 4.74 Å². The summed E-state index contributed by atoms with van der Waals surface area (Å²) < 4.78 is 4.78. The van der Waals surface area contributed by atoms with Crippen molar-refractivity contribution in [3.8, 4) is 0 Å². The fourth-order valence-electron chi connectivity index (χ4n) is 2.38. The van der Waals surface area contributed by atoms with Crippen LogP contribution in [-0.4, -0.2) is 36.4 Å². The lowest BCUT2D eigenvalue weighted by Crippen LogP contribution is -2.24. The monoisotopic (exact) mass is 263 g/mol. The number of aromatic nitrogens is 2. The standard InChI is InChI=1S/C14H21N3O2/c1-10(2)8-12-4-5-13(16-15-12)17-7-6-11(9-17)14(18)19-3/h4-5,10-11H,6-9H2,1-3H3. The third kappa shape index (κ3) is 3.43. The van der Waals surface area contributed by atoms with Crippen LogP contribution in [0, 0.1) is 11.8 Å². The number of methoxy groups -OCH3 is 1. The van der Waals surface area contributed by atoms with E-state index in [0.717, 1.165) is 30.9 Å². The highest BCUT2D eigenvalue weighted by atomic mass is 16.5. The molecule has 2 heterocycles. The topological polar surface area (TPSA) is 55.3 Å². The van der Waals surface area contributed by atoms with E-state index in [0.29, 0.717) is 12.5 Å². The van der Waals surface area contributed by atoms with Gasteiger partial charge >= 0.3 is 5.97 Å². The Bertz CT molecular complexity index is 431. The lowest BCUT2D eigenvalue weighted by molar-refractivity contribution is -0.144. The molecular formula is C14H21N3O2. The SMILES string of the molecule is COC(=O)C1CCN(c2ccc(CC(C)C)nn2)C1. The van der Waals surface area contributed by atoms with E-state index >= 15 is 0 Å². The van der Waals surface area contributed by atoms with Crippen molar-refractivity contribution in [3.63, 3.8) is 0 Å². The predicted molar refractivity (Wildman–Crippen MR) is 72.9 cm³/mol. The summed E-state index contributed by atoms with van der Waals surface area (Å²) in [7, 11) is 1.44. The summed E-state index contributed by atoms with van der Waals surface area (Å²) in [6, 6.07) is 4.01. The van der Waals surface area contributed by atoms with Gasteiger partial charge in [0.2, 0.25) is 0 Å². The number of nitrogens with zero attached hydrogens (tertiary/aromatic N) is 3. The van der Waals surface area contributed by atoms with Gasteiger partial charge in [-0.2, -0.15) is 5.10 Å². The van der Waals surface area contributed by atoms with E-state index in [1.54, 1.807) is 0 Å². The second-order valence-corrected chi connectivity index (χ2v) is 5.44. The molecule has 1 unspecified atom stereocenters. The molecule has 5 nitrogen and oxygen atoms in total. The zero-order chi connectivity index (χ0) is 13.8. The second kappa shape index (κ2) is 5.99. The molecule has 0 N–H and O–H groups in total. The number of esters is 1. The first-order valence-electron chi connectivity index (χ1n) is 6.75. The molecule has 0 radical (unpaired) electrons. The number of ether oxygens (including phenoxy) is 1. The number of hydrogen-bond donors (Lipinski definition) is 0. The van der Waals surface area contributed by atoms with Gasteiger partial charge in [0.25, 0.3) is 0 Å². The maximum atomic E-state index is 11.5. The molecule has 0 amide bonds. The first-order valence-corrected chi connectivity index (χ1v) is 6.75. The maximum Gasteiger partial charge on any atom is 0.310 e. The minimum Gasteiger partial charge on any atom is -0.469 e. The van der Waals surface area contributed by atoms with Crippen molar-refractivity contribution >= 4 is 11.8 Å². The molecule has 1 aromatic heterocycles. The van der Waals surface area contributed by atoms with Crippen LogP contribution in [0.4, 0.5) is 5.82 Å². The number of carbonyl (C=O) groups is 1. The zero-order valence-corrected chi connectivity index (χ0v) is 11.8. The van der Waals surface area contributed by atoms with Crippen LogP contribution in [-0.2, 0) is 16.0 Å². The van der Waals surface area contributed by atoms with Crippen LogP contribution in [0.2, 0.25) is 0 Å². The fourth-order valence-corrected chi connectivity index (χ4v) is 2.38. The second-order valence-electron chi connectivity index (χ2n) is 5.44. The number of rotatable bonds is 4. The molecule has 2 rings (SSSR count). The van der Waals surface area contributed by atoms with Crippen LogP contribution in [0.5, 0.6) is 0 Å². The average Bonchev–Trinajstić information content (AvgIpc) is 2.87. The van der Waals surface area contributed by atoms with Crippen molar-refractivity contribution in [2.45, 2.75) is 26.7 Å². The third-order valence-electron chi connectivity index (χ3n) is 3.37. The van der Waals surface area contributed by atoms with Gasteiger partial charge in [-0.3, -0.25) is 4.79 Å². The van der Waals surface area contributed by atoms with Gasteiger partial charge in [0.15, 0.2) is 5.82 Å². The minimum atomic E-state index is -0.133. The summed E-state index contributed by atoms with van der Waals surface area (Å²) in [4.78, 5) is 13.6. The quantitative estimate of drug-likeness (QED) is 0.773. The Balaban J connectivity index is 1.98. The summed E-state index contributed by atoms with van der Waals surface area (Å²) in [6.45, 7) is 5.83. The smallest absolute Gasteiger partial charge is 0.310 e. The molecule has 0 spiro atoms. The molecule has 0 bridgehead atoms. The van der Waals surface area contributed by atoms with Crippen molar-refractivity contribution < 1.29 is 9.53 Å². The van der Waals surface area contributed by atoms with Crippen LogP contribution in [0.15, 0.2) is 12.1 Å². The van der Waals surface area contributed by atoms with Crippen LogP contribution in [0.25, 0.3) is 0 Å². The van der Waals surface area contributed by atoms with Gasteiger partial charge in [-0.05, 0) is 30.9 Å². The normalized spacial score (nSPS) is 18.9. The van der Waals surface area contributed by atoms with E-state index in [2.05, 4.69) is 28.9 Å². The van der Waals surface area contributed by atoms with Crippen molar-refractivity contribution in [1.29, 1.82) is 0 Å². The highest BCUT2D eigenvalue weighted by Crippen LogP contribution is 2.22. The first kappa shape index (κ1) is 13.8. The van der Waals surface area contributed by atoms with Crippen LogP contribution in [0.3, 0.4) is 0 Å². The Hall–Kier alpha value is -1.65. The van der Waals surface area contributed by atoms with E-state index in [9.17, 15) is 4.79 Å². The molecule has 0 saturated carbocycles. The number of carbonyl (C=O) groups excluding carboxylic acids is 1. The van der Waals surface area contributed by atoms with Gasteiger partial charge in [-0.25, -0.2) is 0 Å². The van der Waals surface area contributed by atoms with Crippen molar-refractivity contribution in [3.05, 3.63) is 17.8 Å². The van der Waals surface area contributed by atoms with Gasteiger partial charge < -0.3 is 9.64 Å². The summed E-state index contributed by atoms with van der Waals surface area (Å²) in [5.41, 5.74) is 1.02. The number of anilines is 1. The Labute approximate surface area is 114 Å². The van der Waals surface area contributed by atoms with Crippen LogP contribution < -0.4 is 4.90 Å². The Morgan fingerprint density at radius 3 is 2.84 bits per heavy atom. The summed E-state index contributed by atoms with van der Waals surface area (Å²) >= 11 is 0. The molecule has 19 heavy (non-hydrogen) atoms. The van der Waals surface area contributed by atoms with Crippen molar-refractivity contribution in [2.24, 2.45) is 11.8 Å². The number of hydrogen-bond acceptors (Lipinski definition) is 5. The molecule has 0 aromatic carbocycles. The molecule has 1 aromatic rings. The van der Waals surface area contributed by atoms with E-state index in [1.807, 2.05) is 12.1 Å². The van der Waals surface area contributed by atoms with Crippen molar-refractivity contribution in [2.75, 3.05) is 25.1 Å². The zero-order valence-electron chi connectivity index (χ0n) is 11.8. The third-order valence-corrected chi connectivity index (χ3v) is 3.37. The van der Waals surface area contributed by atoms with E-state index in [-0.39, 0.29) is 11.9 Å². The summed E-state index contributed by atoms with van der Waals surface area (Å²) in [6.07, 6.45) is 1.76. The van der Waals surface area contributed by atoms with Gasteiger partial charge in [-0.15, -0.1) is 5.10 Å². The van der Waals surface area contributed by atoms with Crippen LogP contribution >= 0.6 is 0 Å². The van der Waals surface area contributed by atoms with E-state index < -0.39 is 0 Å². The molecule has 1 aliphatic heterocycles. The highest BCUT2D eigenvalue weighted by molar-refractivity contribution is 5.74. The van der Waals surface area contributed by atoms with E-state index in [1.165, 1.54) is 7.11 Å². The summed E-state index contributed by atoms with van der Waals surface area (Å²) in [5.74, 6) is 1.25. The fraction of sp³-hybridized carbons (Fsp3) is 0.643. The molecule has 1 aliphatic rings. The Morgan fingerprint density at radius 1 is 1.47 bits per heavy atom. The molecule has 5 heteroatoms. The van der Waals surface area contributed by atoms with Gasteiger partial charge in [0, 0.05) is 13.1 Å². The van der Waals surface area contributed by atoms with Gasteiger partial charge in [0.05, 0.1) is 18.7 Å². The van der Waals surface area contributed by atoms with Gasteiger partial charge in [0.1, 0.15) is 0 Å². The molecule has 1 saturated heterocycles. The van der Waals surface area contributed by atoms with Crippen LogP contribution in [0.1, 0.15) is 26.0 Å². The molecular weight excluding hydrogens is 242 g/mol. The summed E-state index contributed by atoms with van der Waals surface area (Å²) in [5, 5.41) is 8.50. The van der Waals surface area contributed by atoms with Gasteiger partial charge in [-0.1, -0.05) is 13.8 Å². The molecule has 104 valence electrons. The minimum absolute atomic E-state index is 0.0397. The first-order chi connectivity index (χ1) is 9.10. The van der Waals surface area contributed by atoms with Crippen molar-refractivity contribution in [1.82, 2.24) is 10.2 Å². The lowest BCUT2D eigenvalue weighted by Gasteiger charge is -2.16. The predicted octanol–water partition coefficient (Wildman–Crippen LogP) is 1.67.